The van der Waals surface area contributed by atoms with Crippen molar-refractivity contribution >= 4 is 39.2 Å². The van der Waals surface area contributed by atoms with Crippen molar-refractivity contribution in [3.63, 3.8) is 0 Å². The number of amides is 1. The zero-order valence-electron chi connectivity index (χ0n) is 19.3. The van der Waals surface area contributed by atoms with E-state index >= 15 is 0 Å². The van der Waals surface area contributed by atoms with Crippen molar-refractivity contribution in [1.82, 2.24) is 4.31 Å². The summed E-state index contributed by atoms with van der Waals surface area (Å²) in [7, 11) is -3.85. The predicted octanol–water partition coefficient (Wildman–Crippen LogP) is 4.48. The number of esters is 1. The summed E-state index contributed by atoms with van der Waals surface area (Å²) >= 11 is 6.18. The molecule has 0 bridgehead atoms. The molecule has 1 fully saturated rings. The van der Waals surface area contributed by atoms with Gasteiger partial charge < -0.3 is 10.1 Å². The van der Waals surface area contributed by atoms with Crippen LogP contribution >= 0.6 is 11.6 Å². The molecule has 1 heterocycles. The van der Waals surface area contributed by atoms with Crippen molar-refractivity contribution in [3.05, 3.63) is 57.6 Å². The number of halogens is 1. The first-order chi connectivity index (χ1) is 15.5. The van der Waals surface area contributed by atoms with Gasteiger partial charge in [-0.15, -0.1) is 0 Å². The van der Waals surface area contributed by atoms with Crippen LogP contribution in [0.2, 0.25) is 5.02 Å². The molecule has 1 atom stereocenters. The van der Waals surface area contributed by atoms with Crippen LogP contribution in [0.4, 0.5) is 5.69 Å². The van der Waals surface area contributed by atoms with Gasteiger partial charge in [0.1, 0.15) is 4.90 Å². The third-order valence-corrected chi connectivity index (χ3v) is 8.03. The summed E-state index contributed by atoms with van der Waals surface area (Å²) in [6, 6.07) is 7.86. The maximum Gasteiger partial charge on any atom is 0.338 e. The number of hydrogen-bond donors (Lipinski definition) is 1. The summed E-state index contributed by atoms with van der Waals surface area (Å²) in [5.74, 6) is -1.04. The Hall–Kier alpha value is -2.42. The van der Waals surface area contributed by atoms with Crippen LogP contribution in [0.5, 0.6) is 0 Å². The highest BCUT2D eigenvalue weighted by atomic mass is 35.5. The SMILES string of the molecule is Cc1cc(C)c(NC(=O)COC(=O)c2ccc(Cl)c(S(=O)(=O)N3CCCC(C)C3)c2)c(C)c1. The number of sulfonamides is 1. The quantitative estimate of drug-likeness (QED) is 0.600. The first-order valence-electron chi connectivity index (χ1n) is 10.8. The number of anilines is 1. The Kier molecular flexibility index (Phi) is 7.82. The number of carbonyl (C=O) groups is 2. The first kappa shape index (κ1) is 25.2. The number of nitrogens with one attached hydrogen (secondary N) is 1. The number of hydrogen-bond acceptors (Lipinski definition) is 5. The second kappa shape index (κ2) is 10.2. The van der Waals surface area contributed by atoms with Crippen LogP contribution in [-0.2, 0) is 19.6 Å². The molecule has 1 aliphatic rings. The Bertz CT molecular complexity index is 1160. The Morgan fingerprint density at radius 1 is 1.15 bits per heavy atom. The Balaban J connectivity index is 1.70. The summed E-state index contributed by atoms with van der Waals surface area (Å²) in [6.45, 7) is 8.07. The maximum absolute atomic E-state index is 13.1. The molecule has 0 spiro atoms. The minimum absolute atomic E-state index is 0.0125. The van der Waals surface area contributed by atoms with Crippen molar-refractivity contribution in [3.8, 4) is 0 Å². The first-order valence-corrected chi connectivity index (χ1v) is 12.7. The van der Waals surface area contributed by atoms with E-state index in [9.17, 15) is 18.0 Å². The van der Waals surface area contributed by atoms with Gasteiger partial charge in [0.2, 0.25) is 10.0 Å². The summed E-state index contributed by atoms with van der Waals surface area (Å²) in [5.41, 5.74) is 3.59. The molecule has 7 nitrogen and oxygen atoms in total. The third kappa shape index (κ3) is 5.93. The summed E-state index contributed by atoms with van der Waals surface area (Å²) < 4.78 is 32.8. The number of rotatable bonds is 6. The van der Waals surface area contributed by atoms with Crippen LogP contribution in [0.3, 0.4) is 0 Å². The van der Waals surface area contributed by atoms with Crippen molar-refractivity contribution in [2.75, 3.05) is 25.0 Å². The lowest BCUT2D eigenvalue weighted by Gasteiger charge is -2.30. The van der Waals surface area contributed by atoms with Gasteiger partial charge in [0.15, 0.2) is 6.61 Å². The number of carbonyl (C=O) groups excluding carboxylic acids is 2. The highest BCUT2D eigenvalue weighted by molar-refractivity contribution is 7.89. The molecule has 2 aromatic rings. The van der Waals surface area contributed by atoms with Gasteiger partial charge in [0.25, 0.3) is 5.91 Å². The van der Waals surface area contributed by atoms with Crippen LogP contribution in [0.15, 0.2) is 35.2 Å². The number of benzene rings is 2. The van der Waals surface area contributed by atoms with Gasteiger partial charge in [-0.3, -0.25) is 4.79 Å². The molecule has 0 radical (unpaired) electrons. The molecule has 1 amide bonds. The molecule has 0 aliphatic carbocycles. The minimum Gasteiger partial charge on any atom is -0.452 e. The van der Waals surface area contributed by atoms with Gasteiger partial charge in [0, 0.05) is 18.8 Å². The Morgan fingerprint density at radius 2 is 1.82 bits per heavy atom. The Morgan fingerprint density at radius 3 is 2.45 bits per heavy atom. The van der Waals surface area contributed by atoms with Crippen LogP contribution < -0.4 is 5.32 Å². The van der Waals surface area contributed by atoms with Gasteiger partial charge in [-0.05, 0) is 68.9 Å². The van der Waals surface area contributed by atoms with Gasteiger partial charge >= 0.3 is 5.97 Å². The lowest BCUT2D eigenvalue weighted by atomic mass is 10.0. The molecular formula is C24H29ClN2O5S. The fourth-order valence-corrected chi connectivity index (χ4v) is 6.20. The van der Waals surface area contributed by atoms with Gasteiger partial charge in [-0.25, -0.2) is 13.2 Å². The number of piperidine rings is 1. The average molecular weight is 493 g/mol. The monoisotopic (exact) mass is 492 g/mol. The molecule has 1 aliphatic heterocycles. The standard InChI is InChI=1S/C24H29ClN2O5S/c1-15-6-5-9-27(13-15)33(30,31)21-12-19(7-8-20(21)25)24(29)32-14-22(28)26-23-17(3)10-16(2)11-18(23)4/h7-8,10-12,15H,5-6,9,13-14H2,1-4H3,(H,26,28). The number of aryl methyl sites for hydroxylation is 3. The second-order valence-corrected chi connectivity index (χ2v) is 11.0. The van der Waals surface area contributed by atoms with Crippen molar-refractivity contribution in [2.45, 2.75) is 45.4 Å². The van der Waals surface area contributed by atoms with Crippen molar-refractivity contribution in [2.24, 2.45) is 5.92 Å². The zero-order chi connectivity index (χ0) is 24.3. The summed E-state index contributed by atoms with van der Waals surface area (Å²) in [5, 5.41) is 2.80. The highest BCUT2D eigenvalue weighted by Gasteiger charge is 2.31. The molecule has 3 rings (SSSR count). The maximum atomic E-state index is 13.1. The van der Waals surface area contributed by atoms with E-state index in [2.05, 4.69) is 5.32 Å². The third-order valence-electron chi connectivity index (χ3n) is 5.68. The van der Waals surface area contributed by atoms with Crippen LogP contribution in [0.25, 0.3) is 0 Å². The van der Waals surface area contributed by atoms with E-state index in [1.807, 2.05) is 39.8 Å². The van der Waals surface area contributed by atoms with Gasteiger partial charge in [-0.2, -0.15) is 4.31 Å². The van der Waals surface area contributed by atoms with E-state index in [1.165, 1.54) is 22.5 Å². The second-order valence-electron chi connectivity index (χ2n) is 8.65. The predicted molar refractivity (Wildman–Crippen MR) is 128 cm³/mol. The van der Waals surface area contributed by atoms with E-state index < -0.39 is 28.5 Å². The largest absolute Gasteiger partial charge is 0.452 e. The molecule has 9 heteroatoms. The molecule has 1 unspecified atom stereocenters. The molecule has 1 saturated heterocycles. The molecule has 33 heavy (non-hydrogen) atoms. The van der Waals surface area contributed by atoms with E-state index in [-0.39, 0.29) is 21.4 Å². The molecule has 1 N–H and O–H groups in total. The highest BCUT2D eigenvalue weighted by Crippen LogP contribution is 2.29. The summed E-state index contributed by atoms with van der Waals surface area (Å²) in [4.78, 5) is 24.8. The fourth-order valence-electron chi connectivity index (χ4n) is 4.10. The molecule has 178 valence electrons. The van der Waals surface area contributed by atoms with Crippen LogP contribution in [0.1, 0.15) is 46.8 Å². The number of ether oxygens (including phenoxy) is 1. The minimum atomic E-state index is -3.85. The lowest BCUT2D eigenvalue weighted by molar-refractivity contribution is -0.119. The summed E-state index contributed by atoms with van der Waals surface area (Å²) in [6.07, 6.45) is 1.74. The van der Waals surface area contributed by atoms with Crippen molar-refractivity contribution < 1.29 is 22.7 Å². The van der Waals surface area contributed by atoms with E-state index in [1.54, 1.807) is 0 Å². The average Bonchev–Trinajstić information content (AvgIpc) is 2.74. The lowest BCUT2D eigenvalue weighted by Crippen LogP contribution is -2.39. The van der Waals surface area contributed by atoms with Crippen molar-refractivity contribution in [1.29, 1.82) is 0 Å². The molecule has 0 aromatic heterocycles. The van der Waals surface area contributed by atoms with E-state index in [4.69, 9.17) is 16.3 Å². The normalized spacial score (nSPS) is 16.9. The Labute approximate surface area is 200 Å². The topological polar surface area (TPSA) is 92.8 Å². The van der Waals surface area contributed by atoms with E-state index in [0.717, 1.165) is 29.5 Å². The number of nitrogens with zero attached hydrogens (tertiary/aromatic N) is 1. The van der Waals surface area contributed by atoms with Gasteiger partial charge in [-0.1, -0.05) is 36.2 Å². The zero-order valence-corrected chi connectivity index (χ0v) is 20.8. The fraction of sp³-hybridized carbons (Fsp3) is 0.417. The van der Waals surface area contributed by atoms with E-state index in [0.29, 0.717) is 18.8 Å². The van der Waals surface area contributed by atoms with Crippen LogP contribution in [0, 0.1) is 26.7 Å². The molecular weight excluding hydrogens is 464 g/mol. The van der Waals surface area contributed by atoms with Crippen LogP contribution in [-0.4, -0.2) is 44.3 Å². The smallest absolute Gasteiger partial charge is 0.338 e. The molecule has 0 saturated carbocycles. The molecule has 2 aromatic carbocycles. The van der Waals surface area contributed by atoms with Gasteiger partial charge in [0.05, 0.1) is 10.6 Å².